The number of hydrogen-bond acceptors (Lipinski definition) is 5. The Morgan fingerprint density at radius 2 is 2.00 bits per heavy atom. The van der Waals surface area contributed by atoms with E-state index in [4.69, 9.17) is 9.84 Å². The molecule has 0 unspecified atom stereocenters. The molecule has 0 amide bonds. The van der Waals surface area contributed by atoms with Crippen LogP contribution in [0.3, 0.4) is 0 Å². The summed E-state index contributed by atoms with van der Waals surface area (Å²) in [6, 6.07) is 4.05. The highest BCUT2D eigenvalue weighted by molar-refractivity contribution is 5.45. The van der Waals surface area contributed by atoms with Gasteiger partial charge in [-0.2, -0.15) is 0 Å². The number of nitrogens with zero attached hydrogens (tertiary/aromatic N) is 2. The van der Waals surface area contributed by atoms with Crippen LogP contribution in [-0.4, -0.2) is 53.7 Å². The van der Waals surface area contributed by atoms with Crippen molar-refractivity contribution in [2.45, 2.75) is 31.5 Å². The predicted octanol–water partition coefficient (Wildman–Crippen LogP) is 0.810. The van der Waals surface area contributed by atoms with Gasteiger partial charge < -0.3 is 19.8 Å². The minimum Gasteiger partial charge on any atom is -0.394 e. The molecule has 1 spiro atoms. The van der Waals surface area contributed by atoms with E-state index in [2.05, 4.69) is 9.88 Å². The van der Waals surface area contributed by atoms with Crippen molar-refractivity contribution >= 4 is 5.69 Å². The molecule has 5 nitrogen and oxygen atoms in total. The van der Waals surface area contributed by atoms with Gasteiger partial charge in [0.05, 0.1) is 25.4 Å². The van der Waals surface area contributed by atoms with E-state index in [0.717, 1.165) is 25.9 Å². The number of aliphatic hydroxyl groups excluding tert-OH is 2. The maximum absolute atomic E-state index is 10.2. The molecule has 2 aliphatic rings. The highest BCUT2D eigenvalue weighted by Gasteiger charge is 2.56. The van der Waals surface area contributed by atoms with Gasteiger partial charge in [-0.05, 0) is 25.0 Å². The Hall–Kier alpha value is -1.17. The van der Waals surface area contributed by atoms with Crippen molar-refractivity contribution in [2.75, 3.05) is 31.2 Å². The van der Waals surface area contributed by atoms with Gasteiger partial charge in [-0.15, -0.1) is 0 Å². The van der Waals surface area contributed by atoms with Gasteiger partial charge in [-0.1, -0.05) is 0 Å². The lowest BCUT2D eigenvalue weighted by atomic mass is 9.58. The largest absolute Gasteiger partial charge is 0.394 e. The molecule has 1 saturated carbocycles. The Bertz CT molecular complexity index is 432. The Kier molecular flexibility index (Phi) is 3.92. The minimum atomic E-state index is -0.259. The highest BCUT2D eigenvalue weighted by Crippen LogP contribution is 2.51. The molecular formula is C15H22N2O3. The van der Waals surface area contributed by atoms with Crippen LogP contribution in [0, 0.1) is 5.41 Å². The molecule has 0 radical (unpaired) electrons. The Morgan fingerprint density at radius 1 is 1.30 bits per heavy atom. The zero-order valence-corrected chi connectivity index (χ0v) is 11.6. The first-order valence-corrected chi connectivity index (χ1v) is 7.32. The van der Waals surface area contributed by atoms with Crippen molar-refractivity contribution in [3.05, 3.63) is 24.5 Å². The summed E-state index contributed by atoms with van der Waals surface area (Å²) in [5, 5.41) is 19.1. The number of pyridine rings is 1. The van der Waals surface area contributed by atoms with E-state index in [-0.39, 0.29) is 24.2 Å². The van der Waals surface area contributed by atoms with Gasteiger partial charge in [0.1, 0.15) is 0 Å². The molecule has 1 saturated heterocycles. The fourth-order valence-corrected chi connectivity index (χ4v) is 3.55. The predicted molar refractivity (Wildman–Crippen MR) is 75.6 cm³/mol. The van der Waals surface area contributed by atoms with Gasteiger partial charge in [0.25, 0.3) is 0 Å². The highest BCUT2D eigenvalue weighted by atomic mass is 16.5. The van der Waals surface area contributed by atoms with Gasteiger partial charge >= 0.3 is 0 Å². The van der Waals surface area contributed by atoms with Crippen LogP contribution in [0.5, 0.6) is 0 Å². The zero-order chi connectivity index (χ0) is 14.0. The molecule has 3 rings (SSSR count). The topological polar surface area (TPSA) is 65.8 Å². The molecule has 0 aromatic carbocycles. The van der Waals surface area contributed by atoms with E-state index in [1.165, 1.54) is 5.69 Å². The van der Waals surface area contributed by atoms with E-state index in [1.54, 1.807) is 0 Å². The second-order valence-electron chi connectivity index (χ2n) is 5.76. The molecule has 2 N–H and O–H groups in total. The van der Waals surface area contributed by atoms with Gasteiger partial charge in [0, 0.05) is 43.0 Å². The molecule has 5 heteroatoms. The summed E-state index contributed by atoms with van der Waals surface area (Å²) in [7, 11) is 0. The van der Waals surface area contributed by atoms with Crippen molar-refractivity contribution in [3.63, 3.8) is 0 Å². The van der Waals surface area contributed by atoms with E-state index in [0.29, 0.717) is 13.0 Å². The van der Waals surface area contributed by atoms with Crippen LogP contribution in [-0.2, 0) is 4.74 Å². The maximum Gasteiger partial charge on any atom is 0.0701 e. The van der Waals surface area contributed by atoms with Crippen LogP contribution in [0.4, 0.5) is 5.69 Å². The normalized spacial score (nSPS) is 28.4. The lowest BCUT2D eigenvalue weighted by Gasteiger charge is -2.56. The average Bonchev–Trinajstić information content (AvgIpc) is 2.52. The Labute approximate surface area is 119 Å². The first-order chi connectivity index (χ1) is 9.76. The summed E-state index contributed by atoms with van der Waals surface area (Å²) >= 11 is 0. The smallest absolute Gasteiger partial charge is 0.0701 e. The van der Waals surface area contributed by atoms with Gasteiger partial charge in [0.2, 0.25) is 0 Å². The standard InChI is InChI=1S/C15H22N2O3/c18-9-10-20-14-11-13(19)15(14)3-7-17(8-4-15)12-1-5-16-6-2-12/h1-2,5-6,13-14,18-19H,3-4,7-11H2/t13-,14+/m1/s1. The van der Waals surface area contributed by atoms with E-state index < -0.39 is 0 Å². The Morgan fingerprint density at radius 3 is 2.60 bits per heavy atom. The van der Waals surface area contributed by atoms with Crippen molar-refractivity contribution in [3.8, 4) is 0 Å². The summed E-state index contributed by atoms with van der Waals surface area (Å²) < 4.78 is 5.69. The molecule has 2 heterocycles. The van der Waals surface area contributed by atoms with Crippen LogP contribution >= 0.6 is 0 Å². The molecule has 110 valence electrons. The van der Waals surface area contributed by atoms with Crippen LogP contribution in [0.15, 0.2) is 24.5 Å². The lowest BCUT2D eigenvalue weighted by molar-refractivity contribution is -0.203. The second-order valence-corrected chi connectivity index (χ2v) is 5.76. The SMILES string of the molecule is OCCO[C@H]1C[C@@H](O)C12CCN(c1ccncc1)CC2. The molecule has 2 atom stereocenters. The van der Waals surface area contributed by atoms with Crippen molar-refractivity contribution in [1.29, 1.82) is 0 Å². The molecule has 20 heavy (non-hydrogen) atoms. The summed E-state index contributed by atoms with van der Waals surface area (Å²) in [6.45, 7) is 2.28. The zero-order valence-electron chi connectivity index (χ0n) is 11.6. The van der Waals surface area contributed by atoms with E-state index >= 15 is 0 Å². The van der Waals surface area contributed by atoms with Crippen LogP contribution in [0.2, 0.25) is 0 Å². The average molecular weight is 278 g/mol. The van der Waals surface area contributed by atoms with E-state index in [1.807, 2.05) is 24.5 Å². The Balaban J connectivity index is 1.62. The first-order valence-electron chi connectivity index (χ1n) is 7.32. The van der Waals surface area contributed by atoms with Crippen LogP contribution in [0.1, 0.15) is 19.3 Å². The van der Waals surface area contributed by atoms with Gasteiger partial charge in [-0.3, -0.25) is 4.98 Å². The second kappa shape index (κ2) is 5.68. The third-order valence-electron chi connectivity index (χ3n) is 4.87. The maximum atomic E-state index is 10.2. The fraction of sp³-hybridized carbons (Fsp3) is 0.667. The number of anilines is 1. The van der Waals surface area contributed by atoms with Gasteiger partial charge in [0.15, 0.2) is 0 Å². The third-order valence-corrected chi connectivity index (χ3v) is 4.87. The van der Waals surface area contributed by atoms with Crippen molar-refractivity contribution < 1.29 is 14.9 Å². The lowest BCUT2D eigenvalue weighted by Crippen LogP contribution is -2.62. The number of ether oxygens (including phenoxy) is 1. The minimum absolute atomic E-state index is 0.0474. The number of piperidine rings is 1. The summed E-state index contributed by atoms with van der Waals surface area (Å²) in [5.41, 5.74) is 1.09. The molecule has 1 aromatic rings. The van der Waals surface area contributed by atoms with Gasteiger partial charge in [-0.25, -0.2) is 0 Å². The summed E-state index contributed by atoms with van der Waals surface area (Å²) in [4.78, 5) is 6.38. The third kappa shape index (κ3) is 2.30. The van der Waals surface area contributed by atoms with Crippen molar-refractivity contribution in [1.82, 2.24) is 4.98 Å². The number of hydrogen-bond donors (Lipinski definition) is 2. The number of aliphatic hydroxyl groups is 2. The molecule has 1 aliphatic heterocycles. The van der Waals surface area contributed by atoms with Crippen LogP contribution < -0.4 is 4.90 Å². The molecule has 0 bridgehead atoms. The quantitative estimate of drug-likeness (QED) is 0.853. The van der Waals surface area contributed by atoms with Crippen LogP contribution in [0.25, 0.3) is 0 Å². The van der Waals surface area contributed by atoms with Crippen molar-refractivity contribution in [2.24, 2.45) is 5.41 Å². The fourth-order valence-electron chi connectivity index (χ4n) is 3.55. The molecule has 1 aliphatic carbocycles. The number of rotatable bonds is 4. The molecule has 1 aromatic heterocycles. The van der Waals surface area contributed by atoms with E-state index in [9.17, 15) is 5.11 Å². The molecular weight excluding hydrogens is 256 g/mol. The first kappa shape index (κ1) is 13.8. The summed E-state index contributed by atoms with van der Waals surface area (Å²) in [6.07, 6.45) is 6.04. The molecule has 2 fully saturated rings. The number of aromatic nitrogens is 1. The monoisotopic (exact) mass is 278 g/mol. The summed E-state index contributed by atoms with van der Waals surface area (Å²) in [5.74, 6) is 0.